The number of amides is 1. The number of carbonyl (C=O) groups is 2. The summed E-state index contributed by atoms with van der Waals surface area (Å²) >= 11 is 0. The molecule has 0 radical (unpaired) electrons. The zero-order valence-corrected chi connectivity index (χ0v) is 11.4. The van der Waals surface area contributed by atoms with Gasteiger partial charge in [-0.15, -0.1) is 0 Å². The molecule has 0 saturated heterocycles. The number of hydrogen-bond donors (Lipinski definition) is 2. The van der Waals surface area contributed by atoms with Gasteiger partial charge in [-0.25, -0.2) is 9.18 Å². The number of carboxylic acids is 1. The van der Waals surface area contributed by atoms with Gasteiger partial charge in [0.2, 0.25) is 5.91 Å². The summed E-state index contributed by atoms with van der Waals surface area (Å²) in [5.74, 6) is -2.50. The van der Waals surface area contributed by atoms with Crippen LogP contribution in [0.15, 0.2) is 42.5 Å². The van der Waals surface area contributed by atoms with Crippen LogP contribution >= 0.6 is 0 Å². The Hall–Kier alpha value is -2.69. The number of benzene rings is 2. The number of hydrogen-bond acceptors (Lipinski definition) is 2. The lowest BCUT2D eigenvalue weighted by Gasteiger charge is -2.07. The molecule has 0 aliphatic heterocycles. The molecule has 2 aromatic carbocycles. The van der Waals surface area contributed by atoms with Crippen molar-refractivity contribution in [2.24, 2.45) is 0 Å². The first kappa shape index (κ1) is 14.7. The molecule has 2 aromatic rings. The SMILES string of the molecule is Cc1cccc(CC(=O)Nc2ccc(F)c(C(=O)O)c2)c1. The monoisotopic (exact) mass is 287 g/mol. The molecule has 2 rings (SSSR count). The first-order chi connectivity index (χ1) is 9.95. The highest BCUT2D eigenvalue weighted by Gasteiger charge is 2.12. The van der Waals surface area contributed by atoms with Crippen molar-refractivity contribution in [3.63, 3.8) is 0 Å². The van der Waals surface area contributed by atoms with Gasteiger partial charge in [-0.2, -0.15) is 0 Å². The average Bonchev–Trinajstić information content (AvgIpc) is 2.40. The quantitative estimate of drug-likeness (QED) is 0.908. The maximum Gasteiger partial charge on any atom is 0.338 e. The highest BCUT2D eigenvalue weighted by molar-refractivity contribution is 5.94. The molecule has 2 N–H and O–H groups in total. The van der Waals surface area contributed by atoms with Crippen LogP contribution in [0.5, 0.6) is 0 Å². The molecule has 5 heteroatoms. The Kier molecular flexibility index (Phi) is 4.33. The summed E-state index contributed by atoms with van der Waals surface area (Å²) in [7, 11) is 0. The molecule has 0 heterocycles. The van der Waals surface area contributed by atoms with Gasteiger partial charge in [-0.1, -0.05) is 29.8 Å². The fraction of sp³-hybridized carbons (Fsp3) is 0.125. The smallest absolute Gasteiger partial charge is 0.338 e. The van der Waals surface area contributed by atoms with Crippen molar-refractivity contribution in [1.82, 2.24) is 0 Å². The number of carboxylic acid groups (broad SMARTS) is 1. The van der Waals surface area contributed by atoms with E-state index < -0.39 is 17.3 Å². The third-order valence-corrected chi connectivity index (χ3v) is 2.93. The molecule has 0 fully saturated rings. The molecule has 0 aliphatic rings. The van der Waals surface area contributed by atoms with Crippen LogP contribution < -0.4 is 5.32 Å². The van der Waals surface area contributed by atoms with Crippen molar-refractivity contribution in [3.8, 4) is 0 Å². The van der Waals surface area contributed by atoms with Crippen molar-refractivity contribution in [3.05, 3.63) is 65.0 Å². The minimum atomic E-state index is -1.37. The minimum absolute atomic E-state index is 0.168. The maximum atomic E-state index is 13.3. The number of aryl methyl sites for hydroxylation is 1. The van der Waals surface area contributed by atoms with Crippen LogP contribution in [0, 0.1) is 12.7 Å². The standard InChI is InChI=1S/C16H14FNO3/c1-10-3-2-4-11(7-10)8-15(19)18-12-5-6-14(17)13(9-12)16(20)21/h2-7,9H,8H2,1H3,(H,18,19)(H,20,21). The third-order valence-electron chi connectivity index (χ3n) is 2.93. The van der Waals surface area contributed by atoms with Crippen LogP contribution in [0.2, 0.25) is 0 Å². The summed E-state index contributed by atoms with van der Waals surface area (Å²) in [4.78, 5) is 22.7. The molecule has 0 saturated carbocycles. The second-order valence-corrected chi connectivity index (χ2v) is 4.71. The highest BCUT2D eigenvalue weighted by atomic mass is 19.1. The van der Waals surface area contributed by atoms with Gasteiger partial charge in [0.1, 0.15) is 5.82 Å². The van der Waals surface area contributed by atoms with Crippen LogP contribution in [0.25, 0.3) is 0 Å². The van der Waals surface area contributed by atoms with E-state index in [2.05, 4.69) is 5.32 Å². The lowest BCUT2D eigenvalue weighted by Crippen LogP contribution is -2.15. The van der Waals surface area contributed by atoms with Gasteiger partial charge in [0.15, 0.2) is 0 Å². The molecule has 0 unspecified atom stereocenters. The van der Waals surface area contributed by atoms with Crippen molar-refractivity contribution >= 4 is 17.6 Å². The maximum absolute atomic E-state index is 13.3. The van der Waals surface area contributed by atoms with Gasteiger partial charge in [0.05, 0.1) is 12.0 Å². The number of nitrogens with one attached hydrogen (secondary N) is 1. The zero-order chi connectivity index (χ0) is 15.4. The predicted octanol–water partition coefficient (Wildman–Crippen LogP) is 3.01. The topological polar surface area (TPSA) is 66.4 Å². The Morgan fingerprint density at radius 2 is 1.95 bits per heavy atom. The fourth-order valence-electron chi connectivity index (χ4n) is 1.98. The van der Waals surface area contributed by atoms with Gasteiger partial charge in [0.25, 0.3) is 0 Å². The van der Waals surface area contributed by atoms with E-state index in [9.17, 15) is 14.0 Å². The summed E-state index contributed by atoms with van der Waals surface area (Å²) in [6.07, 6.45) is 0.168. The van der Waals surface area contributed by atoms with E-state index in [4.69, 9.17) is 5.11 Å². The van der Waals surface area contributed by atoms with E-state index in [1.165, 1.54) is 6.07 Å². The molecular weight excluding hydrogens is 273 g/mol. The average molecular weight is 287 g/mol. The number of halogens is 1. The molecule has 0 aromatic heterocycles. The van der Waals surface area contributed by atoms with Crippen molar-refractivity contribution in [2.75, 3.05) is 5.32 Å². The summed E-state index contributed by atoms with van der Waals surface area (Å²) in [6, 6.07) is 11.0. The van der Waals surface area contributed by atoms with E-state index in [-0.39, 0.29) is 18.0 Å². The summed E-state index contributed by atoms with van der Waals surface area (Å²) in [6.45, 7) is 1.93. The fourth-order valence-corrected chi connectivity index (χ4v) is 1.98. The molecular formula is C16H14FNO3. The number of aromatic carboxylic acids is 1. The van der Waals surface area contributed by atoms with Gasteiger partial charge in [-0.05, 0) is 30.7 Å². The van der Waals surface area contributed by atoms with Crippen LogP contribution in [0.4, 0.5) is 10.1 Å². The first-order valence-corrected chi connectivity index (χ1v) is 6.34. The van der Waals surface area contributed by atoms with Crippen LogP contribution in [-0.2, 0) is 11.2 Å². The van der Waals surface area contributed by atoms with Gasteiger partial charge < -0.3 is 10.4 Å². The lowest BCUT2D eigenvalue weighted by atomic mass is 10.1. The second kappa shape index (κ2) is 6.17. The molecule has 0 bridgehead atoms. The normalized spacial score (nSPS) is 10.2. The largest absolute Gasteiger partial charge is 0.478 e. The second-order valence-electron chi connectivity index (χ2n) is 4.71. The number of rotatable bonds is 4. The summed E-state index contributed by atoms with van der Waals surface area (Å²) < 4.78 is 13.3. The van der Waals surface area contributed by atoms with E-state index in [1.54, 1.807) is 0 Å². The molecule has 0 atom stereocenters. The Morgan fingerprint density at radius 1 is 1.19 bits per heavy atom. The first-order valence-electron chi connectivity index (χ1n) is 6.34. The minimum Gasteiger partial charge on any atom is -0.478 e. The number of carbonyl (C=O) groups excluding carboxylic acids is 1. The Balaban J connectivity index is 2.09. The third kappa shape index (κ3) is 3.89. The van der Waals surface area contributed by atoms with E-state index in [0.29, 0.717) is 0 Å². The highest BCUT2D eigenvalue weighted by Crippen LogP contribution is 2.15. The van der Waals surface area contributed by atoms with Crippen LogP contribution in [-0.4, -0.2) is 17.0 Å². The van der Waals surface area contributed by atoms with Gasteiger partial charge >= 0.3 is 5.97 Å². The van der Waals surface area contributed by atoms with Gasteiger partial charge in [0, 0.05) is 5.69 Å². The Morgan fingerprint density at radius 3 is 2.62 bits per heavy atom. The van der Waals surface area contributed by atoms with E-state index >= 15 is 0 Å². The Labute approximate surface area is 121 Å². The van der Waals surface area contributed by atoms with E-state index in [0.717, 1.165) is 23.3 Å². The summed E-state index contributed by atoms with van der Waals surface area (Å²) in [5.41, 5.74) is 1.69. The summed E-state index contributed by atoms with van der Waals surface area (Å²) in [5, 5.41) is 11.4. The molecule has 1 amide bonds. The van der Waals surface area contributed by atoms with Gasteiger partial charge in [-0.3, -0.25) is 4.79 Å². The Bertz CT molecular complexity index is 698. The van der Waals surface area contributed by atoms with Crippen LogP contribution in [0.3, 0.4) is 0 Å². The number of anilines is 1. The molecule has 0 aliphatic carbocycles. The van der Waals surface area contributed by atoms with Crippen molar-refractivity contribution in [2.45, 2.75) is 13.3 Å². The van der Waals surface area contributed by atoms with Crippen molar-refractivity contribution in [1.29, 1.82) is 0 Å². The molecule has 108 valence electrons. The van der Waals surface area contributed by atoms with Crippen molar-refractivity contribution < 1.29 is 19.1 Å². The molecule has 21 heavy (non-hydrogen) atoms. The lowest BCUT2D eigenvalue weighted by molar-refractivity contribution is -0.115. The van der Waals surface area contributed by atoms with Crippen LogP contribution in [0.1, 0.15) is 21.5 Å². The molecule has 4 nitrogen and oxygen atoms in total. The zero-order valence-electron chi connectivity index (χ0n) is 11.4. The van der Waals surface area contributed by atoms with E-state index in [1.807, 2.05) is 31.2 Å². The predicted molar refractivity (Wildman–Crippen MR) is 76.9 cm³/mol. The molecule has 0 spiro atoms.